The van der Waals surface area contributed by atoms with E-state index in [0.717, 1.165) is 18.4 Å². The molecular weight excluding hydrogens is 236 g/mol. The maximum atomic E-state index is 11.7. The van der Waals surface area contributed by atoms with Crippen LogP contribution in [0.5, 0.6) is 5.75 Å². The topological polar surface area (TPSA) is 26.3 Å². The first-order chi connectivity index (χ1) is 9.24. The fraction of sp³-hybridized carbons (Fsp3) is 0.588. The van der Waals surface area contributed by atoms with Crippen molar-refractivity contribution in [3.8, 4) is 5.75 Å². The van der Waals surface area contributed by atoms with Crippen LogP contribution < -0.4 is 4.74 Å². The van der Waals surface area contributed by atoms with Crippen LogP contribution >= 0.6 is 0 Å². The van der Waals surface area contributed by atoms with Crippen LogP contribution in [0, 0.1) is 6.92 Å². The summed E-state index contributed by atoms with van der Waals surface area (Å²) in [6, 6.07) is 7.64. The Morgan fingerprint density at radius 1 is 1.00 bits per heavy atom. The van der Waals surface area contributed by atoms with E-state index in [1.54, 1.807) is 0 Å². The van der Waals surface area contributed by atoms with E-state index in [2.05, 4.69) is 6.92 Å². The van der Waals surface area contributed by atoms with Gasteiger partial charge in [0.05, 0.1) is 0 Å². The molecule has 0 bridgehead atoms. The number of para-hydroxylation sites is 1. The summed E-state index contributed by atoms with van der Waals surface area (Å²) in [5.74, 6) is 0.582. The molecule has 1 aromatic rings. The number of benzene rings is 1. The van der Waals surface area contributed by atoms with Crippen molar-refractivity contribution in [2.45, 2.75) is 65.2 Å². The van der Waals surface area contributed by atoms with Crippen LogP contribution in [0.15, 0.2) is 24.3 Å². The molecule has 0 radical (unpaired) electrons. The maximum Gasteiger partial charge on any atom is 0.311 e. The predicted octanol–water partition coefficient (Wildman–Crippen LogP) is 5.04. The molecule has 0 aliphatic carbocycles. The number of rotatable bonds is 9. The molecule has 0 saturated carbocycles. The molecule has 0 atom stereocenters. The van der Waals surface area contributed by atoms with Crippen molar-refractivity contribution in [3.05, 3.63) is 29.8 Å². The van der Waals surface area contributed by atoms with Crippen molar-refractivity contribution >= 4 is 5.97 Å². The van der Waals surface area contributed by atoms with Crippen LogP contribution in [0.2, 0.25) is 0 Å². The third-order valence-corrected chi connectivity index (χ3v) is 3.30. The lowest BCUT2D eigenvalue weighted by atomic mass is 10.1. The number of unbranched alkanes of at least 4 members (excludes halogenated alkanes) is 6. The average molecular weight is 262 g/mol. The van der Waals surface area contributed by atoms with Gasteiger partial charge in [-0.2, -0.15) is 0 Å². The second-order valence-corrected chi connectivity index (χ2v) is 5.11. The highest BCUT2D eigenvalue weighted by Crippen LogP contribution is 2.17. The smallest absolute Gasteiger partial charge is 0.311 e. The largest absolute Gasteiger partial charge is 0.426 e. The molecule has 0 aliphatic rings. The van der Waals surface area contributed by atoms with Gasteiger partial charge in [-0.15, -0.1) is 0 Å². The molecule has 0 unspecified atom stereocenters. The Bertz CT molecular complexity index is 371. The Hall–Kier alpha value is -1.31. The monoisotopic (exact) mass is 262 g/mol. The van der Waals surface area contributed by atoms with Crippen LogP contribution in [-0.4, -0.2) is 5.97 Å². The van der Waals surface area contributed by atoms with E-state index in [1.165, 1.54) is 32.1 Å². The molecule has 0 N–H and O–H groups in total. The van der Waals surface area contributed by atoms with Gasteiger partial charge in [0.1, 0.15) is 5.75 Å². The molecule has 0 aromatic heterocycles. The molecule has 19 heavy (non-hydrogen) atoms. The van der Waals surface area contributed by atoms with Crippen molar-refractivity contribution in [1.82, 2.24) is 0 Å². The second-order valence-electron chi connectivity index (χ2n) is 5.11. The molecule has 2 nitrogen and oxygen atoms in total. The molecular formula is C17H26O2. The second kappa shape index (κ2) is 9.60. The van der Waals surface area contributed by atoms with E-state index >= 15 is 0 Å². The van der Waals surface area contributed by atoms with Gasteiger partial charge in [-0.1, -0.05) is 63.6 Å². The van der Waals surface area contributed by atoms with Gasteiger partial charge in [-0.05, 0) is 25.0 Å². The van der Waals surface area contributed by atoms with Crippen molar-refractivity contribution < 1.29 is 9.53 Å². The lowest BCUT2D eigenvalue weighted by Crippen LogP contribution is -2.08. The Morgan fingerprint density at radius 2 is 1.63 bits per heavy atom. The van der Waals surface area contributed by atoms with Crippen LogP contribution in [0.25, 0.3) is 0 Å². The third-order valence-electron chi connectivity index (χ3n) is 3.30. The highest BCUT2D eigenvalue weighted by Gasteiger charge is 2.06. The lowest BCUT2D eigenvalue weighted by Gasteiger charge is -2.06. The van der Waals surface area contributed by atoms with Gasteiger partial charge in [0.2, 0.25) is 0 Å². The maximum absolute atomic E-state index is 11.7. The van der Waals surface area contributed by atoms with E-state index < -0.39 is 0 Å². The first-order valence-corrected chi connectivity index (χ1v) is 7.50. The SMILES string of the molecule is CCCCCCCCCC(=O)Oc1ccccc1C. The highest BCUT2D eigenvalue weighted by atomic mass is 16.5. The lowest BCUT2D eigenvalue weighted by molar-refractivity contribution is -0.134. The zero-order valence-electron chi connectivity index (χ0n) is 12.3. The van der Waals surface area contributed by atoms with E-state index in [4.69, 9.17) is 4.74 Å². The minimum Gasteiger partial charge on any atom is -0.426 e. The number of aryl methyl sites for hydroxylation is 1. The summed E-state index contributed by atoms with van der Waals surface area (Å²) < 4.78 is 5.35. The number of carbonyl (C=O) groups is 1. The van der Waals surface area contributed by atoms with Crippen molar-refractivity contribution in [1.29, 1.82) is 0 Å². The van der Waals surface area contributed by atoms with E-state index in [0.29, 0.717) is 12.2 Å². The minimum absolute atomic E-state index is 0.108. The number of esters is 1. The summed E-state index contributed by atoms with van der Waals surface area (Å²) in [4.78, 5) is 11.7. The quantitative estimate of drug-likeness (QED) is 0.354. The molecule has 2 heteroatoms. The van der Waals surface area contributed by atoms with Crippen LogP contribution in [0.4, 0.5) is 0 Å². The summed E-state index contributed by atoms with van der Waals surface area (Å²) in [6.07, 6.45) is 9.06. The zero-order chi connectivity index (χ0) is 13.9. The summed E-state index contributed by atoms with van der Waals surface area (Å²) in [5, 5.41) is 0. The van der Waals surface area contributed by atoms with Crippen molar-refractivity contribution in [3.63, 3.8) is 0 Å². The molecule has 1 rings (SSSR count). The first kappa shape index (κ1) is 15.7. The average Bonchev–Trinajstić information content (AvgIpc) is 2.40. The molecule has 0 amide bonds. The molecule has 0 fully saturated rings. The number of ether oxygens (including phenoxy) is 1. The molecule has 0 saturated heterocycles. The summed E-state index contributed by atoms with van der Waals surface area (Å²) >= 11 is 0. The Kier molecular flexibility index (Phi) is 7.95. The fourth-order valence-electron chi connectivity index (χ4n) is 2.07. The van der Waals surface area contributed by atoms with E-state index in [-0.39, 0.29) is 5.97 Å². The third kappa shape index (κ3) is 7.00. The molecule has 0 heterocycles. The number of carbonyl (C=O) groups excluding carboxylic acids is 1. The van der Waals surface area contributed by atoms with E-state index in [9.17, 15) is 4.79 Å². The summed E-state index contributed by atoms with van der Waals surface area (Å²) in [7, 11) is 0. The van der Waals surface area contributed by atoms with E-state index in [1.807, 2.05) is 31.2 Å². The number of hydrogen-bond donors (Lipinski definition) is 0. The van der Waals surface area contributed by atoms with Crippen LogP contribution in [-0.2, 0) is 4.79 Å². The van der Waals surface area contributed by atoms with Gasteiger partial charge in [0.25, 0.3) is 0 Å². The standard InChI is InChI=1S/C17H26O2/c1-3-4-5-6-7-8-9-14-17(18)19-16-13-11-10-12-15(16)2/h10-13H,3-9,14H2,1-2H3. The molecule has 106 valence electrons. The Balaban J connectivity index is 2.10. The van der Waals surface area contributed by atoms with Gasteiger partial charge in [-0.3, -0.25) is 4.79 Å². The van der Waals surface area contributed by atoms with Crippen LogP contribution in [0.3, 0.4) is 0 Å². The Morgan fingerprint density at radius 3 is 2.32 bits per heavy atom. The van der Waals surface area contributed by atoms with Gasteiger partial charge in [-0.25, -0.2) is 0 Å². The fourth-order valence-corrected chi connectivity index (χ4v) is 2.07. The number of hydrogen-bond acceptors (Lipinski definition) is 2. The van der Waals surface area contributed by atoms with Gasteiger partial charge < -0.3 is 4.74 Å². The predicted molar refractivity (Wildman–Crippen MR) is 79.4 cm³/mol. The first-order valence-electron chi connectivity index (χ1n) is 7.50. The minimum atomic E-state index is -0.108. The van der Waals surface area contributed by atoms with Gasteiger partial charge >= 0.3 is 5.97 Å². The van der Waals surface area contributed by atoms with Crippen LogP contribution in [0.1, 0.15) is 63.9 Å². The summed E-state index contributed by atoms with van der Waals surface area (Å²) in [5.41, 5.74) is 1.01. The molecule has 0 aliphatic heterocycles. The summed E-state index contributed by atoms with van der Waals surface area (Å²) in [6.45, 7) is 4.18. The van der Waals surface area contributed by atoms with Gasteiger partial charge in [0, 0.05) is 6.42 Å². The van der Waals surface area contributed by atoms with Crippen molar-refractivity contribution in [2.75, 3.05) is 0 Å². The highest BCUT2D eigenvalue weighted by molar-refractivity contribution is 5.72. The molecule has 0 spiro atoms. The Labute approximate surface area is 117 Å². The van der Waals surface area contributed by atoms with Gasteiger partial charge in [0.15, 0.2) is 0 Å². The normalized spacial score (nSPS) is 10.4. The molecule has 1 aromatic carbocycles. The van der Waals surface area contributed by atoms with Crippen molar-refractivity contribution in [2.24, 2.45) is 0 Å². The zero-order valence-corrected chi connectivity index (χ0v) is 12.3.